The number of hydrogen-bond acceptors (Lipinski definition) is 4. The average Bonchev–Trinajstić information content (AvgIpc) is 2.22. The molecule has 90 valence electrons. The minimum Gasteiger partial charge on any atom is -0.395 e. The summed E-state index contributed by atoms with van der Waals surface area (Å²) in [5.74, 6) is 0. The Morgan fingerprint density at radius 2 is 1.87 bits per heavy atom. The lowest BCUT2D eigenvalue weighted by Crippen LogP contribution is -2.56. The standard InChI is InChI=1S/C11H25N3O/c1-3-4-10(12)11(9-15)14-7-5-13(2)6-8-14/h10-11,15H,3-9,12H2,1-2H3. The number of piperazine rings is 1. The van der Waals surface area contributed by atoms with E-state index in [1.165, 1.54) is 0 Å². The summed E-state index contributed by atoms with van der Waals surface area (Å²) in [5.41, 5.74) is 6.09. The highest BCUT2D eigenvalue weighted by atomic mass is 16.3. The van der Waals surface area contributed by atoms with Crippen molar-refractivity contribution in [2.75, 3.05) is 39.8 Å². The van der Waals surface area contributed by atoms with Crippen LogP contribution in [0.15, 0.2) is 0 Å². The molecule has 0 aromatic rings. The first kappa shape index (κ1) is 12.9. The maximum absolute atomic E-state index is 9.41. The Bertz CT molecular complexity index is 169. The van der Waals surface area contributed by atoms with Crippen LogP contribution in [0.1, 0.15) is 19.8 Å². The fourth-order valence-electron chi connectivity index (χ4n) is 2.20. The van der Waals surface area contributed by atoms with E-state index in [2.05, 4.69) is 23.8 Å². The van der Waals surface area contributed by atoms with Crippen molar-refractivity contribution in [2.45, 2.75) is 31.8 Å². The molecule has 0 aromatic carbocycles. The molecule has 2 atom stereocenters. The van der Waals surface area contributed by atoms with E-state index in [9.17, 15) is 5.11 Å². The van der Waals surface area contributed by atoms with Gasteiger partial charge in [-0.25, -0.2) is 0 Å². The fourth-order valence-corrected chi connectivity index (χ4v) is 2.20. The number of hydrogen-bond donors (Lipinski definition) is 2. The highest BCUT2D eigenvalue weighted by Crippen LogP contribution is 2.10. The lowest BCUT2D eigenvalue weighted by Gasteiger charge is -2.39. The molecule has 0 spiro atoms. The smallest absolute Gasteiger partial charge is 0.0601 e. The van der Waals surface area contributed by atoms with Crippen LogP contribution in [-0.2, 0) is 0 Å². The van der Waals surface area contributed by atoms with Gasteiger partial charge in [-0.05, 0) is 13.5 Å². The van der Waals surface area contributed by atoms with Gasteiger partial charge in [-0.15, -0.1) is 0 Å². The summed E-state index contributed by atoms with van der Waals surface area (Å²) in [7, 11) is 2.14. The van der Waals surface area contributed by atoms with Crippen molar-refractivity contribution in [3.05, 3.63) is 0 Å². The summed E-state index contributed by atoms with van der Waals surface area (Å²) >= 11 is 0. The van der Waals surface area contributed by atoms with Gasteiger partial charge < -0.3 is 15.7 Å². The van der Waals surface area contributed by atoms with Crippen LogP contribution < -0.4 is 5.73 Å². The van der Waals surface area contributed by atoms with Crippen molar-refractivity contribution in [1.82, 2.24) is 9.80 Å². The number of nitrogens with zero attached hydrogens (tertiary/aromatic N) is 2. The zero-order valence-corrected chi connectivity index (χ0v) is 10.0. The monoisotopic (exact) mass is 215 g/mol. The summed E-state index contributed by atoms with van der Waals surface area (Å²) < 4.78 is 0. The van der Waals surface area contributed by atoms with Gasteiger partial charge >= 0.3 is 0 Å². The molecule has 0 aliphatic carbocycles. The van der Waals surface area contributed by atoms with Crippen LogP contribution in [0.4, 0.5) is 0 Å². The Hall–Kier alpha value is -0.160. The summed E-state index contributed by atoms with van der Waals surface area (Å²) in [6.45, 7) is 6.53. The molecule has 1 heterocycles. The van der Waals surface area contributed by atoms with E-state index < -0.39 is 0 Å². The Labute approximate surface area is 93.0 Å². The third-order valence-corrected chi connectivity index (χ3v) is 3.31. The van der Waals surface area contributed by atoms with Gasteiger partial charge in [-0.3, -0.25) is 4.90 Å². The number of nitrogens with two attached hydrogens (primary N) is 1. The predicted molar refractivity (Wildman–Crippen MR) is 62.8 cm³/mol. The summed E-state index contributed by atoms with van der Waals surface area (Å²) in [4.78, 5) is 4.65. The first-order valence-corrected chi connectivity index (χ1v) is 5.98. The molecule has 0 radical (unpaired) electrons. The molecule has 0 saturated carbocycles. The summed E-state index contributed by atoms with van der Waals surface area (Å²) in [6.07, 6.45) is 2.09. The van der Waals surface area contributed by atoms with Crippen LogP contribution in [0.5, 0.6) is 0 Å². The lowest BCUT2D eigenvalue weighted by atomic mass is 10.0. The summed E-state index contributed by atoms with van der Waals surface area (Å²) in [5, 5.41) is 9.41. The van der Waals surface area contributed by atoms with Gasteiger partial charge in [0.05, 0.1) is 6.61 Å². The molecule has 1 rings (SSSR count). The van der Waals surface area contributed by atoms with E-state index in [0.29, 0.717) is 0 Å². The number of likely N-dealkylation sites (N-methyl/N-ethyl adjacent to an activating group) is 1. The van der Waals surface area contributed by atoms with Crippen molar-refractivity contribution < 1.29 is 5.11 Å². The quantitative estimate of drug-likeness (QED) is 0.662. The third-order valence-electron chi connectivity index (χ3n) is 3.31. The maximum Gasteiger partial charge on any atom is 0.0601 e. The topological polar surface area (TPSA) is 52.7 Å². The first-order valence-electron chi connectivity index (χ1n) is 5.98. The third kappa shape index (κ3) is 3.72. The molecule has 0 aromatic heterocycles. The zero-order valence-electron chi connectivity index (χ0n) is 10.0. The number of rotatable bonds is 5. The molecule has 1 aliphatic rings. The van der Waals surface area contributed by atoms with Crippen molar-refractivity contribution in [3.63, 3.8) is 0 Å². The van der Waals surface area contributed by atoms with E-state index in [1.54, 1.807) is 0 Å². The van der Waals surface area contributed by atoms with Crippen LogP contribution >= 0.6 is 0 Å². The second-order valence-corrected chi connectivity index (χ2v) is 4.54. The Morgan fingerprint density at radius 1 is 1.27 bits per heavy atom. The molecule has 3 N–H and O–H groups in total. The molecular weight excluding hydrogens is 190 g/mol. The lowest BCUT2D eigenvalue weighted by molar-refractivity contribution is 0.0601. The van der Waals surface area contributed by atoms with E-state index >= 15 is 0 Å². The minimum absolute atomic E-state index is 0.114. The molecular formula is C11H25N3O. The fraction of sp³-hybridized carbons (Fsp3) is 1.00. The normalized spacial score (nSPS) is 24.0. The zero-order chi connectivity index (χ0) is 11.3. The van der Waals surface area contributed by atoms with E-state index in [0.717, 1.165) is 39.0 Å². The van der Waals surface area contributed by atoms with Crippen LogP contribution in [0, 0.1) is 0 Å². The van der Waals surface area contributed by atoms with Gasteiger partial charge in [0, 0.05) is 38.3 Å². The Balaban J connectivity index is 2.43. The molecule has 1 aliphatic heterocycles. The first-order chi connectivity index (χ1) is 7.19. The molecule has 4 nitrogen and oxygen atoms in total. The van der Waals surface area contributed by atoms with Crippen molar-refractivity contribution in [1.29, 1.82) is 0 Å². The van der Waals surface area contributed by atoms with Crippen LogP contribution in [0.25, 0.3) is 0 Å². The Kier molecular flexibility index (Phi) is 5.53. The van der Waals surface area contributed by atoms with Gasteiger partial charge in [0.25, 0.3) is 0 Å². The van der Waals surface area contributed by atoms with Crippen LogP contribution in [-0.4, -0.2) is 66.8 Å². The highest BCUT2D eigenvalue weighted by molar-refractivity contribution is 4.84. The van der Waals surface area contributed by atoms with E-state index in [1.807, 2.05) is 0 Å². The molecule has 1 fully saturated rings. The second kappa shape index (κ2) is 6.43. The average molecular weight is 215 g/mol. The van der Waals surface area contributed by atoms with Gasteiger partial charge in [-0.1, -0.05) is 13.3 Å². The van der Waals surface area contributed by atoms with Gasteiger partial charge in [0.1, 0.15) is 0 Å². The van der Waals surface area contributed by atoms with E-state index in [4.69, 9.17) is 5.73 Å². The molecule has 15 heavy (non-hydrogen) atoms. The molecule has 1 saturated heterocycles. The minimum atomic E-state index is 0.114. The van der Waals surface area contributed by atoms with Crippen LogP contribution in [0.2, 0.25) is 0 Å². The van der Waals surface area contributed by atoms with Gasteiger partial charge in [0.2, 0.25) is 0 Å². The molecule has 0 bridgehead atoms. The SMILES string of the molecule is CCCC(N)C(CO)N1CCN(C)CC1. The highest BCUT2D eigenvalue weighted by Gasteiger charge is 2.26. The van der Waals surface area contributed by atoms with Gasteiger partial charge in [-0.2, -0.15) is 0 Å². The Morgan fingerprint density at radius 3 is 2.33 bits per heavy atom. The van der Waals surface area contributed by atoms with Crippen molar-refractivity contribution in [3.8, 4) is 0 Å². The number of aliphatic hydroxyl groups is 1. The van der Waals surface area contributed by atoms with E-state index in [-0.39, 0.29) is 18.7 Å². The maximum atomic E-state index is 9.41. The second-order valence-electron chi connectivity index (χ2n) is 4.54. The summed E-state index contributed by atoms with van der Waals surface area (Å²) in [6, 6.07) is 0.266. The van der Waals surface area contributed by atoms with Crippen molar-refractivity contribution >= 4 is 0 Å². The number of aliphatic hydroxyl groups excluding tert-OH is 1. The van der Waals surface area contributed by atoms with Gasteiger partial charge in [0.15, 0.2) is 0 Å². The van der Waals surface area contributed by atoms with Crippen molar-refractivity contribution in [2.24, 2.45) is 5.73 Å². The molecule has 4 heteroatoms. The molecule has 2 unspecified atom stereocenters. The molecule has 0 amide bonds. The van der Waals surface area contributed by atoms with Crippen LogP contribution in [0.3, 0.4) is 0 Å². The predicted octanol–water partition coefficient (Wildman–Crippen LogP) is -0.278. The largest absolute Gasteiger partial charge is 0.395 e.